The number of amides is 2. The number of hydrogen-bond acceptors (Lipinski definition) is 9. The highest BCUT2D eigenvalue weighted by atomic mass is 16.5. The maximum absolute atomic E-state index is 12.5. The van der Waals surface area contributed by atoms with Gasteiger partial charge >= 0.3 is 0 Å². The monoisotopic (exact) mass is 477 g/mol. The van der Waals surface area contributed by atoms with Crippen LogP contribution in [-0.2, 0) is 10.2 Å². The van der Waals surface area contributed by atoms with Gasteiger partial charge in [0.2, 0.25) is 5.91 Å². The third-order valence-electron chi connectivity index (χ3n) is 6.60. The Morgan fingerprint density at radius 2 is 1.97 bits per heavy atom. The summed E-state index contributed by atoms with van der Waals surface area (Å²) in [7, 11) is 5.13. The molecule has 1 aliphatic heterocycles. The number of rotatable bonds is 8. The highest BCUT2D eigenvalue weighted by Gasteiger charge is 2.52. The lowest BCUT2D eigenvalue weighted by Gasteiger charge is -2.35. The van der Waals surface area contributed by atoms with E-state index in [-0.39, 0.29) is 5.69 Å². The van der Waals surface area contributed by atoms with Gasteiger partial charge < -0.3 is 26.0 Å². The third kappa shape index (κ3) is 3.95. The van der Waals surface area contributed by atoms with Crippen molar-refractivity contribution < 1.29 is 14.3 Å². The standard InChI is InChI=1S/C23H27N9O3/c1-25-21(33)18-16(9-17(28-29-18)23(7-8-23)22(24)34)27-15-6-4-5-14(19(15)35-3)20-26-12-32(30-20)13-10-31(2)11-13/h4-6,9,12-13H,7-8,10-11H2,1-3H3,(H2,24,34)(H,25,33)(H,27,28). The minimum absolute atomic E-state index is 0.0838. The molecular weight excluding hydrogens is 450 g/mol. The van der Waals surface area contributed by atoms with Gasteiger partial charge in [0.05, 0.1) is 41.2 Å². The summed E-state index contributed by atoms with van der Waals surface area (Å²) in [4.78, 5) is 31.2. The van der Waals surface area contributed by atoms with Gasteiger partial charge in [0.15, 0.2) is 17.3 Å². The second-order valence-corrected chi connectivity index (χ2v) is 8.95. The summed E-state index contributed by atoms with van der Waals surface area (Å²) in [5, 5.41) is 18.7. The molecular formula is C23H27N9O3. The molecule has 12 nitrogen and oxygen atoms in total. The fourth-order valence-corrected chi connectivity index (χ4v) is 4.34. The molecule has 0 unspecified atom stereocenters. The molecule has 5 rings (SSSR count). The number of likely N-dealkylation sites (N-methyl/N-ethyl adjacent to an activating group) is 1. The highest BCUT2D eigenvalue weighted by molar-refractivity contribution is 5.99. The number of benzene rings is 1. The van der Waals surface area contributed by atoms with Gasteiger partial charge in [-0.15, -0.1) is 5.10 Å². The van der Waals surface area contributed by atoms with Crippen LogP contribution < -0.4 is 21.1 Å². The van der Waals surface area contributed by atoms with E-state index in [9.17, 15) is 9.59 Å². The Morgan fingerprint density at radius 3 is 2.60 bits per heavy atom. The first-order valence-corrected chi connectivity index (χ1v) is 11.3. The number of carbonyl (C=O) groups is 2. The lowest BCUT2D eigenvalue weighted by atomic mass is 10.0. The van der Waals surface area contributed by atoms with E-state index in [1.807, 2.05) is 22.9 Å². The molecule has 0 bridgehead atoms. The molecule has 2 amide bonds. The number of nitrogens with zero attached hydrogens (tertiary/aromatic N) is 6. The Balaban J connectivity index is 1.51. The smallest absolute Gasteiger partial charge is 0.273 e. The molecule has 4 N–H and O–H groups in total. The first-order chi connectivity index (χ1) is 16.9. The number of ether oxygens (including phenoxy) is 1. The van der Waals surface area contributed by atoms with Crippen LogP contribution in [0.2, 0.25) is 0 Å². The topological polar surface area (TPSA) is 153 Å². The molecule has 0 atom stereocenters. The van der Waals surface area contributed by atoms with Crippen LogP contribution in [0.4, 0.5) is 11.4 Å². The van der Waals surface area contributed by atoms with E-state index in [0.29, 0.717) is 53.1 Å². The molecule has 0 radical (unpaired) electrons. The lowest BCUT2D eigenvalue weighted by molar-refractivity contribution is -0.120. The van der Waals surface area contributed by atoms with Crippen molar-refractivity contribution in [1.82, 2.24) is 35.2 Å². The Labute approximate surface area is 201 Å². The van der Waals surface area contributed by atoms with E-state index in [4.69, 9.17) is 10.5 Å². The number of para-hydroxylation sites is 1. The molecule has 12 heteroatoms. The van der Waals surface area contributed by atoms with E-state index < -0.39 is 17.2 Å². The van der Waals surface area contributed by atoms with E-state index in [0.717, 1.165) is 13.1 Å². The van der Waals surface area contributed by atoms with Gasteiger partial charge in [0.1, 0.15) is 6.33 Å². The zero-order valence-corrected chi connectivity index (χ0v) is 19.8. The van der Waals surface area contributed by atoms with Gasteiger partial charge in [0.25, 0.3) is 5.91 Å². The first kappa shape index (κ1) is 22.7. The molecule has 3 aromatic rings. The number of aromatic nitrogens is 5. The first-order valence-electron chi connectivity index (χ1n) is 11.3. The van der Waals surface area contributed by atoms with Gasteiger partial charge in [0, 0.05) is 20.1 Å². The van der Waals surface area contributed by atoms with Crippen LogP contribution in [0.1, 0.15) is 35.1 Å². The number of methoxy groups -OCH3 is 1. The second-order valence-electron chi connectivity index (χ2n) is 8.95. The number of anilines is 2. The predicted octanol–water partition coefficient (Wildman–Crippen LogP) is 0.850. The SMILES string of the molecule is CNC(=O)c1nnc(C2(C(N)=O)CC2)cc1Nc1cccc(-c2ncn(C3CN(C)C3)n2)c1OC. The van der Waals surface area contributed by atoms with E-state index in [1.54, 1.807) is 19.5 Å². The van der Waals surface area contributed by atoms with Crippen LogP contribution >= 0.6 is 0 Å². The predicted molar refractivity (Wildman–Crippen MR) is 127 cm³/mol. The summed E-state index contributed by atoms with van der Waals surface area (Å²) < 4.78 is 7.61. The molecule has 2 fully saturated rings. The van der Waals surface area contributed by atoms with E-state index >= 15 is 0 Å². The van der Waals surface area contributed by atoms with Gasteiger partial charge in [-0.25, -0.2) is 9.67 Å². The molecule has 1 saturated carbocycles. The number of carbonyl (C=O) groups excluding carboxylic acids is 2. The molecule has 2 aromatic heterocycles. The van der Waals surface area contributed by atoms with Crippen LogP contribution in [0.25, 0.3) is 11.4 Å². The minimum atomic E-state index is -0.844. The van der Waals surface area contributed by atoms with Gasteiger partial charge in [-0.05, 0) is 38.1 Å². The van der Waals surface area contributed by atoms with Crippen molar-refractivity contribution >= 4 is 23.2 Å². The number of primary amides is 1. The molecule has 182 valence electrons. The van der Waals surface area contributed by atoms with Crippen molar-refractivity contribution in [2.24, 2.45) is 5.73 Å². The second kappa shape index (κ2) is 8.62. The Bertz CT molecular complexity index is 1300. The van der Waals surface area contributed by atoms with Crippen LogP contribution in [-0.4, -0.2) is 76.0 Å². The van der Waals surface area contributed by atoms with E-state index in [2.05, 4.69) is 42.9 Å². The quantitative estimate of drug-likeness (QED) is 0.428. The molecule has 0 spiro atoms. The molecule has 1 aromatic carbocycles. The largest absolute Gasteiger partial charge is 0.494 e. The Kier molecular flexibility index (Phi) is 5.59. The fourth-order valence-electron chi connectivity index (χ4n) is 4.34. The summed E-state index contributed by atoms with van der Waals surface area (Å²) in [6.45, 7) is 1.85. The maximum Gasteiger partial charge on any atom is 0.273 e. The Hall–Kier alpha value is -4.06. The molecule has 2 aliphatic rings. The van der Waals surface area contributed by atoms with Crippen LogP contribution in [0.5, 0.6) is 5.75 Å². The summed E-state index contributed by atoms with van der Waals surface area (Å²) in [6.07, 6.45) is 2.92. The maximum atomic E-state index is 12.5. The zero-order chi connectivity index (χ0) is 24.7. The van der Waals surface area contributed by atoms with Crippen LogP contribution in [0.15, 0.2) is 30.6 Å². The van der Waals surface area contributed by atoms with Gasteiger partial charge in [-0.2, -0.15) is 10.2 Å². The highest BCUT2D eigenvalue weighted by Crippen LogP contribution is 2.48. The van der Waals surface area contributed by atoms with Crippen LogP contribution in [0, 0.1) is 0 Å². The number of nitrogens with one attached hydrogen (secondary N) is 2. The minimum Gasteiger partial charge on any atom is -0.494 e. The average Bonchev–Trinajstić information content (AvgIpc) is 3.52. The van der Waals surface area contributed by atoms with Crippen molar-refractivity contribution in [3.63, 3.8) is 0 Å². The third-order valence-corrected chi connectivity index (χ3v) is 6.60. The molecule has 1 saturated heterocycles. The van der Waals surface area contributed by atoms with Crippen LogP contribution in [0.3, 0.4) is 0 Å². The van der Waals surface area contributed by atoms with Crippen molar-refractivity contribution in [2.75, 3.05) is 39.6 Å². The Morgan fingerprint density at radius 1 is 1.20 bits per heavy atom. The van der Waals surface area contributed by atoms with Gasteiger partial charge in [-0.1, -0.05) is 6.07 Å². The fraction of sp³-hybridized carbons (Fsp3) is 0.391. The summed E-state index contributed by atoms with van der Waals surface area (Å²) >= 11 is 0. The lowest BCUT2D eigenvalue weighted by Crippen LogP contribution is -2.45. The molecule has 3 heterocycles. The summed E-state index contributed by atoms with van der Waals surface area (Å²) in [5.74, 6) is 0.167. The van der Waals surface area contributed by atoms with Crippen molar-refractivity contribution in [3.05, 3.63) is 42.0 Å². The van der Waals surface area contributed by atoms with Crippen molar-refractivity contribution in [1.29, 1.82) is 0 Å². The average molecular weight is 478 g/mol. The summed E-state index contributed by atoms with van der Waals surface area (Å²) in [5.41, 5.74) is 6.95. The van der Waals surface area contributed by atoms with Crippen molar-refractivity contribution in [3.8, 4) is 17.1 Å². The normalized spacial score (nSPS) is 16.9. The van der Waals surface area contributed by atoms with E-state index in [1.165, 1.54) is 7.05 Å². The number of hydrogen-bond donors (Lipinski definition) is 3. The zero-order valence-electron chi connectivity index (χ0n) is 19.8. The summed E-state index contributed by atoms with van der Waals surface area (Å²) in [6, 6.07) is 7.48. The van der Waals surface area contributed by atoms with Crippen molar-refractivity contribution in [2.45, 2.75) is 24.3 Å². The number of likely N-dealkylation sites (tertiary alicyclic amines) is 1. The number of nitrogens with two attached hydrogens (primary N) is 1. The molecule has 1 aliphatic carbocycles. The van der Waals surface area contributed by atoms with Gasteiger partial charge in [-0.3, -0.25) is 9.59 Å². The molecule has 35 heavy (non-hydrogen) atoms.